The molecule has 0 amide bonds. The Morgan fingerprint density at radius 1 is 1.42 bits per heavy atom. The molecule has 0 spiro atoms. The molecule has 0 heterocycles. The molecule has 0 aliphatic carbocycles. The second-order valence-electron chi connectivity index (χ2n) is 3.97. The highest BCUT2D eigenvalue weighted by atomic mass is 35.5. The fourth-order valence-electron chi connectivity index (χ4n) is 1.33. The van der Waals surface area contributed by atoms with Gasteiger partial charge in [-0.3, -0.25) is 0 Å². The number of sulfone groups is 1. The predicted octanol–water partition coefficient (Wildman–Crippen LogP) is 1.68. The Labute approximate surface area is 118 Å². The van der Waals surface area contributed by atoms with Crippen LogP contribution in [-0.4, -0.2) is 40.2 Å². The maximum Gasteiger partial charge on any atom is 0.149 e. The third-order valence-corrected chi connectivity index (χ3v) is 3.41. The number of hydrogen-bond donors (Lipinski definition) is 1. The summed E-state index contributed by atoms with van der Waals surface area (Å²) in [6.07, 6.45) is 1.17. The van der Waals surface area contributed by atoms with Crippen LogP contribution in [0.4, 0.5) is 5.69 Å². The van der Waals surface area contributed by atoms with Crippen LogP contribution < -0.4 is 5.32 Å². The average Bonchev–Trinajstić information content (AvgIpc) is 2.32. The molecule has 104 valence electrons. The van der Waals surface area contributed by atoms with E-state index in [1.165, 1.54) is 6.26 Å². The zero-order chi connectivity index (χ0) is 14.3. The Bertz CT molecular complexity index is 567. The van der Waals surface area contributed by atoms with Gasteiger partial charge in [-0.25, -0.2) is 8.42 Å². The van der Waals surface area contributed by atoms with Gasteiger partial charge in [0.1, 0.15) is 15.9 Å². The van der Waals surface area contributed by atoms with Gasteiger partial charge in [0, 0.05) is 17.8 Å². The lowest BCUT2D eigenvalue weighted by molar-refractivity contribution is 0.159. The van der Waals surface area contributed by atoms with E-state index in [-0.39, 0.29) is 12.4 Å². The number of ether oxygens (including phenoxy) is 1. The summed E-state index contributed by atoms with van der Waals surface area (Å²) in [5.41, 5.74) is 1.14. The minimum Gasteiger partial charge on any atom is -0.382 e. The molecule has 19 heavy (non-hydrogen) atoms. The largest absolute Gasteiger partial charge is 0.382 e. The topological polar surface area (TPSA) is 79.2 Å². The third-order valence-electron chi connectivity index (χ3n) is 2.26. The van der Waals surface area contributed by atoms with Gasteiger partial charge in [0.2, 0.25) is 0 Å². The lowest BCUT2D eigenvalue weighted by atomic mass is 10.2. The van der Waals surface area contributed by atoms with E-state index in [9.17, 15) is 8.42 Å². The summed E-state index contributed by atoms with van der Waals surface area (Å²) in [5.74, 6) is 0.00755. The second-order valence-corrected chi connectivity index (χ2v) is 6.67. The summed E-state index contributed by atoms with van der Waals surface area (Å²) in [5, 5.41) is 12.5. The van der Waals surface area contributed by atoms with Gasteiger partial charge in [-0.1, -0.05) is 11.6 Å². The molecule has 1 N–H and O–H groups in total. The molecule has 0 saturated carbocycles. The van der Waals surface area contributed by atoms with Crippen molar-refractivity contribution < 1.29 is 13.2 Å². The van der Waals surface area contributed by atoms with E-state index in [1.54, 1.807) is 18.2 Å². The van der Waals surface area contributed by atoms with Gasteiger partial charge in [-0.15, -0.1) is 0 Å². The lowest BCUT2D eigenvalue weighted by Gasteiger charge is -2.09. The maximum atomic E-state index is 10.9. The van der Waals surface area contributed by atoms with Gasteiger partial charge in [0.05, 0.1) is 30.2 Å². The van der Waals surface area contributed by atoms with Crippen LogP contribution in [0.3, 0.4) is 0 Å². The first-order valence-electron chi connectivity index (χ1n) is 5.61. The summed E-state index contributed by atoms with van der Waals surface area (Å²) < 4.78 is 26.9. The zero-order valence-corrected chi connectivity index (χ0v) is 12.1. The average molecular weight is 303 g/mol. The van der Waals surface area contributed by atoms with E-state index < -0.39 is 9.84 Å². The SMILES string of the molecule is CS(=O)(=O)CCOCCNc1cc(Cl)ccc1C#N. The molecule has 1 aromatic carbocycles. The monoisotopic (exact) mass is 302 g/mol. The van der Waals surface area contributed by atoms with Gasteiger partial charge in [0.15, 0.2) is 0 Å². The molecule has 0 saturated heterocycles. The number of rotatable bonds is 7. The van der Waals surface area contributed by atoms with Crippen molar-refractivity contribution in [1.82, 2.24) is 0 Å². The third kappa shape index (κ3) is 6.43. The first-order chi connectivity index (χ1) is 8.92. The summed E-state index contributed by atoms with van der Waals surface area (Å²) in [6, 6.07) is 7.00. The standard InChI is InChI=1S/C12H15ClN2O3S/c1-19(16,17)7-6-18-5-4-15-12-8-11(13)3-2-10(12)9-14/h2-3,8,15H,4-7H2,1H3. The van der Waals surface area contributed by atoms with E-state index in [1.807, 2.05) is 0 Å². The van der Waals surface area contributed by atoms with Crippen molar-refractivity contribution in [3.05, 3.63) is 28.8 Å². The summed E-state index contributed by atoms with van der Waals surface area (Å²) >= 11 is 5.84. The van der Waals surface area contributed by atoms with E-state index in [0.29, 0.717) is 29.4 Å². The summed E-state index contributed by atoms with van der Waals surface area (Å²) in [6.45, 7) is 0.993. The minimum absolute atomic E-state index is 0.00755. The number of anilines is 1. The van der Waals surface area contributed by atoms with Gasteiger partial charge < -0.3 is 10.1 Å². The fraction of sp³-hybridized carbons (Fsp3) is 0.417. The van der Waals surface area contributed by atoms with Crippen molar-refractivity contribution in [3.63, 3.8) is 0 Å². The predicted molar refractivity (Wildman–Crippen MR) is 75.2 cm³/mol. The molecule has 1 aromatic rings. The van der Waals surface area contributed by atoms with Gasteiger partial charge in [-0.2, -0.15) is 5.26 Å². The minimum atomic E-state index is -2.99. The molecule has 7 heteroatoms. The molecule has 5 nitrogen and oxygen atoms in total. The van der Waals surface area contributed by atoms with Crippen LogP contribution in [0, 0.1) is 11.3 Å². The number of nitrogens with one attached hydrogen (secondary N) is 1. The van der Waals surface area contributed by atoms with Crippen LogP contribution in [0.5, 0.6) is 0 Å². The molecule has 0 aliphatic rings. The highest BCUT2D eigenvalue weighted by Crippen LogP contribution is 2.19. The Hall–Kier alpha value is -1.29. The van der Waals surface area contributed by atoms with Crippen molar-refractivity contribution in [2.45, 2.75) is 0 Å². The Morgan fingerprint density at radius 3 is 2.79 bits per heavy atom. The van der Waals surface area contributed by atoms with Crippen molar-refractivity contribution in [1.29, 1.82) is 5.26 Å². The van der Waals surface area contributed by atoms with Crippen molar-refractivity contribution >= 4 is 27.1 Å². The quantitative estimate of drug-likeness (QED) is 0.775. The molecule has 1 rings (SSSR count). The highest BCUT2D eigenvalue weighted by molar-refractivity contribution is 7.90. The highest BCUT2D eigenvalue weighted by Gasteiger charge is 2.03. The molecular weight excluding hydrogens is 288 g/mol. The number of hydrogen-bond acceptors (Lipinski definition) is 5. The second kappa shape index (κ2) is 7.34. The van der Waals surface area contributed by atoms with Crippen molar-refractivity contribution in [2.75, 3.05) is 37.1 Å². The van der Waals surface area contributed by atoms with Crippen LogP contribution in [0.25, 0.3) is 0 Å². The maximum absolute atomic E-state index is 10.9. The van der Waals surface area contributed by atoms with Crippen LogP contribution in [0.15, 0.2) is 18.2 Å². The number of nitriles is 1. The molecule has 0 radical (unpaired) electrons. The first kappa shape index (κ1) is 15.8. The lowest BCUT2D eigenvalue weighted by Crippen LogP contribution is -2.15. The molecule has 0 unspecified atom stereocenters. The van der Waals surface area contributed by atoms with Gasteiger partial charge in [-0.05, 0) is 18.2 Å². The molecule has 0 aromatic heterocycles. The van der Waals surface area contributed by atoms with E-state index >= 15 is 0 Å². The molecule has 0 bridgehead atoms. The van der Waals surface area contributed by atoms with E-state index in [2.05, 4.69) is 11.4 Å². The Balaban J connectivity index is 2.34. The zero-order valence-electron chi connectivity index (χ0n) is 10.5. The smallest absolute Gasteiger partial charge is 0.149 e. The number of nitrogens with zero attached hydrogens (tertiary/aromatic N) is 1. The normalized spacial score (nSPS) is 11.0. The van der Waals surface area contributed by atoms with Crippen LogP contribution in [-0.2, 0) is 14.6 Å². The van der Waals surface area contributed by atoms with Crippen LogP contribution in [0.2, 0.25) is 5.02 Å². The Morgan fingerprint density at radius 2 is 2.16 bits per heavy atom. The van der Waals surface area contributed by atoms with E-state index in [4.69, 9.17) is 21.6 Å². The van der Waals surface area contributed by atoms with Crippen molar-refractivity contribution in [2.24, 2.45) is 0 Å². The first-order valence-corrected chi connectivity index (χ1v) is 8.05. The number of halogens is 1. The van der Waals surface area contributed by atoms with Crippen LogP contribution in [0.1, 0.15) is 5.56 Å². The molecule has 0 aliphatic heterocycles. The Kier molecular flexibility index (Phi) is 6.09. The fourth-order valence-corrected chi connectivity index (χ4v) is 1.92. The van der Waals surface area contributed by atoms with Crippen LogP contribution >= 0.6 is 11.6 Å². The summed E-state index contributed by atoms with van der Waals surface area (Å²) in [7, 11) is -2.99. The van der Waals surface area contributed by atoms with E-state index in [0.717, 1.165) is 0 Å². The van der Waals surface area contributed by atoms with Crippen molar-refractivity contribution in [3.8, 4) is 6.07 Å². The molecule has 0 fully saturated rings. The summed E-state index contributed by atoms with van der Waals surface area (Å²) in [4.78, 5) is 0. The van der Waals surface area contributed by atoms with Gasteiger partial charge in [0.25, 0.3) is 0 Å². The molecule has 0 atom stereocenters. The van der Waals surface area contributed by atoms with Gasteiger partial charge >= 0.3 is 0 Å². The molecular formula is C12H15ClN2O3S. The number of benzene rings is 1.